The molecule has 23 heavy (non-hydrogen) atoms. The summed E-state index contributed by atoms with van der Waals surface area (Å²) in [5, 5.41) is 9.72. The second kappa shape index (κ2) is 6.79. The van der Waals surface area contributed by atoms with Crippen LogP contribution in [0.15, 0.2) is 60.7 Å². The topological polar surface area (TPSA) is 67.0 Å². The smallest absolute Gasteiger partial charge is 0.263 e. The van der Waals surface area contributed by atoms with Gasteiger partial charge in [-0.3, -0.25) is 9.89 Å². The van der Waals surface area contributed by atoms with Gasteiger partial charge in [0, 0.05) is 6.07 Å². The van der Waals surface area contributed by atoms with Crippen molar-refractivity contribution in [3.63, 3.8) is 0 Å². The molecule has 0 radical (unpaired) electrons. The lowest BCUT2D eigenvalue weighted by Gasteiger charge is -2.05. The number of nitrogens with one attached hydrogen (secondary N) is 2. The van der Waals surface area contributed by atoms with Crippen LogP contribution in [-0.2, 0) is 4.79 Å². The zero-order valence-corrected chi connectivity index (χ0v) is 12.7. The highest BCUT2D eigenvalue weighted by atomic mass is 16.5. The van der Waals surface area contributed by atoms with E-state index in [-0.39, 0.29) is 12.5 Å². The van der Waals surface area contributed by atoms with Gasteiger partial charge in [-0.15, -0.1) is 0 Å². The Morgan fingerprint density at radius 2 is 1.87 bits per heavy atom. The lowest BCUT2D eigenvalue weighted by molar-refractivity contribution is -0.118. The molecule has 0 unspecified atom stereocenters. The molecule has 0 saturated heterocycles. The largest absolute Gasteiger partial charge is 0.484 e. The first kappa shape index (κ1) is 14.8. The van der Waals surface area contributed by atoms with Crippen molar-refractivity contribution in [2.24, 2.45) is 0 Å². The fourth-order valence-electron chi connectivity index (χ4n) is 2.11. The van der Waals surface area contributed by atoms with Crippen LogP contribution in [-0.4, -0.2) is 22.7 Å². The Hall–Kier alpha value is -3.08. The number of benzene rings is 2. The Morgan fingerprint density at radius 3 is 2.61 bits per heavy atom. The monoisotopic (exact) mass is 307 g/mol. The van der Waals surface area contributed by atoms with Gasteiger partial charge >= 0.3 is 0 Å². The van der Waals surface area contributed by atoms with E-state index in [9.17, 15) is 4.79 Å². The fourth-order valence-corrected chi connectivity index (χ4v) is 2.11. The molecule has 2 aromatic carbocycles. The second-order valence-electron chi connectivity index (χ2n) is 5.18. The number of anilines is 1. The lowest BCUT2D eigenvalue weighted by atomic mass is 10.1. The average molecular weight is 307 g/mol. The quantitative estimate of drug-likeness (QED) is 0.759. The van der Waals surface area contributed by atoms with E-state index in [4.69, 9.17) is 4.74 Å². The zero-order chi connectivity index (χ0) is 16.1. The van der Waals surface area contributed by atoms with E-state index in [1.165, 1.54) is 5.56 Å². The number of hydrogen-bond acceptors (Lipinski definition) is 3. The molecule has 3 aromatic rings. The third kappa shape index (κ3) is 3.97. The van der Waals surface area contributed by atoms with Crippen molar-refractivity contribution in [3.05, 3.63) is 66.2 Å². The third-order valence-electron chi connectivity index (χ3n) is 3.32. The van der Waals surface area contributed by atoms with E-state index in [1.54, 1.807) is 18.2 Å². The van der Waals surface area contributed by atoms with Gasteiger partial charge in [-0.25, -0.2) is 0 Å². The first-order valence-corrected chi connectivity index (χ1v) is 7.31. The summed E-state index contributed by atoms with van der Waals surface area (Å²) in [4.78, 5) is 11.9. The minimum atomic E-state index is -0.254. The maximum Gasteiger partial charge on any atom is 0.263 e. The highest BCUT2D eigenvalue weighted by Crippen LogP contribution is 2.20. The van der Waals surface area contributed by atoms with Gasteiger partial charge in [0.15, 0.2) is 12.4 Å². The van der Waals surface area contributed by atoms with Crippen LogP contribution in [0.5, 0.6) is 5.75 Å². The number of para-hydroxylation sites is 1. The third-order valence-corrected chi connectivity index (χ3v) is 3.32. The minimum absolute atomic E-state index is 0.0588. The summed E-state index contributed by atoms with van der Waals surface area (Å²) in [6.07, 6.45) is 0. The molecule has 5 nitrogen and oxygen atoms in total. The average Bonchev–Trinajstić information content (AvgIpc) is 3.03. The standard InChI is InChI=1S/C18H17N3O2/c1-13-7-9-14(10-8-13)16-11-17(21-20-16)19-18(22)12-23-15-5-3-2-4-6-15/h2-11H,12H2,1H3,(H2,19,20,21,22). The Morgan fingerprint density at radius 1 is 1.13 bits per heavy atom. The zero-order valence-electron chi connectivity index (χ0n) is 12.7. The van der Waals surface area contributed by atoms with Gasteiger partial charge in [0.25, 0.3) is 5.91 Å². The number of H-pyrrole nitrogens is 1. The fraction of sp³-hybridized carbons (Fsp3) is 0.111. The van der Waals surface area contributed by atoms with Crippen LogP contribution in [0.2, 0.25) is 0 Å². The SMILES string of the molecule is Cc1ccc(-c2cc(NC(=O)COc3ccccc3)n[nH]2)cc1. The van der Waals surface area contributed by atoms with E-state index in [1.807, 2.05) is 49.4 Å². The first-order chi connectivity index (χ1) is 11.2. The van der Waals surface area contributed by atoms with Crippen molar-refractivity contribution in [1.82, 2.24) is 10.2 Å². The van der Waals surface area contributed by atoms with Crippen molar-refractivity contribution >= 4 is 11.7 Å². The Bertz CT molecular complexity index is 780. The molecule has 0 bridgehead atoms. The summed E-state index contributed by atoms with van der Waals surface area (Å²) in [5.41, 5.74) is 3.06. The van der Waals surface area contributed by atoms with E-state index in [2.05, 4.69) is 15.5 Å². The molecule has 116 valence electrons. The molecule has 3 rings (SSSR count). The summed E-state index contributed by atoms with van der Waals surface area (Å²) in [5.74, 6) is 0.878. The van der Waals surface area contributed by atoms with Gasteiger partial charge in [0.1, 0.15) is 5.75 Å². The molecule has 0 aliphatic carbocycles. The van der Waals surface area contributed by atoms with Crippen molar-refractivity contribution < 1.29 is 9.53 Å². The number of aryl methyl sites for hydroxylation is 1. The van der Waals surface area contributed by atoms with E-state index in [0.29, 0.717) is 11.6 Å². The number of amides is 1. The molecule has 1 heterocycles. The highest BCUT2D eigenvalue weighted by Gasteiger charge is 2.08. The van der Waals surface area contributed by atoms with Crippen molar-refractivity contribution in [2.75, 3.05) is 11.9 Å². The molecule has 1 aromatic heterocycles. The Balaban J connectivity index is 1.58. The highest BCUT2D eigenvalue weighted by molar-refractivity contribution is 5.91. The predicted molar refractivity (Wildman–Crippen MR) is 89.3 cm³/mol. The van der Waals surface area contributed by atoms with Gasteiger partial charge in [-0.2, -0.15) is 5.10 Å². The number of aromatic nitrogens is 2. The minimum Gasteiger partial charge on any atom is -0.484 e. The number of carbonyl (C=O) groups is 1. The molecule has 0 saturated carbocycles. The van der Waals surface area contributed by atoms with Gasteiger partial charge in [0.2, 0.25) is 0 Å². The Labute approximate surface area is 134 Å². The summed E-state index contributed by atoms with van der Waals surface area (Å²) in [7, 11) is 0. The van der Waals surface area contributed by atoms with E-state index in [0.717, 1.165) is 11.3 Å². The predicted octanol–water partition coefficient (Wildman–Crippen LogP) is 3.40. The summed E-state index contributed by atoms with van der Waals surface area (Å²) >= 11 is 0. The van der Waals surface area contributed by atoms with Crippen molar-refractivity contribution in [2.45, 2.75) is 6.92 Å². The molecule has 1 amide bonds. The number of rotatable bonds is 5. The first-order valence-electron chi connectivity index (χ1n) is 7.31. The molecule has 5 heteroatoms. The molecule has 0 atom stereocenters. The molecule has 0 spiro atoms. The van der Waals surface area contributed by atoms with Gasteiger partial charge in [0.05, 0.1) is 5.69 Å². The van der Waals surface area contributed by atoms with Gasteiger partial charge in [-0.1, -0.05) is 48.0 Å². The van der Waals surface area contributed by atoms with Crippen molar-refractivity contribution in [3.8, 4) is 17.0 Å². The van der Waals surface area contributed by atoms with Crippen LogP contribution in [0.1, 0.15) is 5.56 Å². The van der Waals surface area contributed by atoms with Gasteiger partial charge in [-0.05, 0) is 24.6 Å². The van der Waals surface area contributed by atoms with Crippen LogP contribution in [0.3, 0.4) is 0 Å². The number of hydrogen-bond donors (Lipinski definition) is 2. The van der Waals surface area contributed by atoms with E-state index < -0.39 is 0 Å². The molecular formula is C18H17N3O2. The van der Waals surface area contributed by atoms with Crippen molar-refractivity contribution in [1.29, 1.82) is 0 Å². The Kier molecular flexibility index (Phi) is 4.38. The summed E-state index contributed by atoms with van der Waals surface area (Å²) in [6.45, 7) is 1.98. The van der Waals surface area contributed by atoms with Crippen LogP contribution >= 0.6 is 0 Å². The van der Waals surface area contributed by atoms with E-state index >= 15 is 0 Å². The van der Waals surface area contributed by atoms with Crippen LogP contribution in [0.4, 0.5) is 5.82 Å². The number of carbonyl (C=O) groups excluding carboxylic acids is 1. The molecule has 2 N–H and O–H groups in total. The molecular weight excluding hydrogens is 290 g/mol. The van der Waals surface area contributed by atoms with Crippen LogP contribution in [0, 0.1) is 6.92 Å². The number of aromatic amines is 1. The summed E-state index contributed by atoms with van der Waals surface area (Å²) in [6, 6.07) is 19.1. The van der Waals surface area contributed by atoms with Gasteiger partial charge < -0.3 is 10.1 Å². The summed E-state index contributed by atoms with van der Waals surface area (Å²) < 4.78 is 5.39. The maximum absolute atomic E-state index is 11.9. The van der Waals surface area contributed by atoms with Crippen LogP contribution in [0.25, 0.3) is 11.3 Å². The molecule has 0 fully saturated rings. The van der Waals surface area contributed by atoms with Crippen LogP contribution < -0.4 is 10.1 Å². The second-order valence-corrected chi connectivity index (χ2v) is 5.18. The maximum atomic E-state index is 11.9. The molecule has 0 aliphatic heterocycles. The molecule has 0 aliphatic rings. The lowest BCUT2D eigenvalue weighted by Crippen LogP contribution is -2.20. The number of ether oxygens (including phenoxy) is 1. The number of nitrogens with zero attached hydrogens (tertiary/aromatic N) is 1. The normalized spacial score (nSPS) is 10.3.